The number of aromatic carboxylic acids is 1. The van der Waals surface area contributed by atoms with Crippen LogP contribution in [0.3, 0.4) is 0 Å². The van der Waals surface area contributed by atoms with Crippen LogP contribution in [-0.2, 0) is 10.0 Å². The zero-order valence-corrected chi connectivity index (χ0v) is 11.6. The van der Waals surface area contributed by atoms with Gasteiger partial charge < -0.3 is 10.2 Å². The van der Waals surface area contributed by atoms with Crippen molar-refractivity contribution in [2.75, 3.05) is 6.61 Å². The fourth-order valence-corrected chi connectivity index (χ4v) is 2.87. The monoisotopic (exact) mass is 287 g/mol. The van der Waals surface area contributed by atoms with Crippen LogP contribution in [0.5, 0.6) is 0 Å². The number of aliphatic hydroxyl groups is 1. The first kappa shape index (κ1) is 15.6. The Labute approximate surface area is 112 Å². The van der Waals surface area contributed by atoms with Gasteiger partial charge in [0.05, 0.1) is 17.1 Å². The summed E-state index contributed by atoms with van der Waals surface area (Å²) in [6, 6.07) is 3.32. The van der Waals surface area contributed by atoms with Gasteiger partial charge >= 0.3 is 5.97 Å². The van der Waals surface area contributed by atoms with Gasteiger partial charge in [-0.1, -0.05) is 13.0 Å². The number of sulfonamides is 1. The quantitative estimate of drug-likeness (QED) is 0.716. The van der Waals surface area contributed by atoms with Gasteiger partial charge in [-0.3, -0.25) is 0 Å². The number of carbonyl (C=O) groups is 1. The highest BCUT2D eigenvalue weighted by molar-refractivity contribution is 7.89. The first-order chi connectivity index (χ1) is 8.81. The number of carboxylic acid groups (broad SMARTS) is 1. The van der Waals surface area contributed by atoms with E-state index in [1.165, 1.54) is 12.1 Å². The molecule has 0 amide bonds. The summed E-state index contributed by atoms with van der Waals surface area (Å²) in [6.07, 6.45) is 0.438. The van der Waals surface area contributed by atoms with Gasteiger partial charge in [-0.2, -0.15) is 0 Å². The average molecular weight is 287 g/mol. The van der Waals surface area contributed by atoms with Crippen LogP contribution in [-0.4, -0.2) is 37.2 Å². The summed E-state index contributed by atoms with van der Waals surface area (Å²) < 4.78 is 26.4. The van der Waals surface area contributed by atoms with E-state index >= 15 is 0 Å². The van der Waals surface area contributed by atoms with Gasteiger partial charge in [0.1, 0.15) is 0 Å². The molecule has 6 nitrogen and oxygen atoms in total. The highest BCUT2D eigenvalue weighted by Crippen LogP contribution is 2.16. The van der Waals surface area contributed by atoms with Gasteiger partial charge in [0.25, 0.3) is 0 Å². The molecule has 1 rings (SSSR count). The van der Waals surface area contributed by atoms with Gasteiger partial charge in [0.15, 0.2) is 0 Å². The molecule has 1 aromatic carbocycles. The summed E-state index contributed by atoms with van der Waals surface area (Å²) in [4.78, 5) is 10.9. The summed E-state index contributed by atoms with van der Waals surface area (Å²) >= 11 is 0. The van der Waals surface area contributed by atoms with Crippen LogP contribution in [0.4, 0.5) is 0 Å². The Bertz CT molecular complexity index is 563. The second-order valence-electron chi connectivity index (χ2n) is 4.19. The van der Waals surface area contributed by atoms with Gasteiger partial charge in [-0.15, -0.1) is 0 Å². The summed E-state index contributed by atoms with van der Waals surface area (Å²) in [5.74, 6) is -1.18. The highest BCUT2D eigenvalue weighted by Gasteiger charge is 2.20. The molecule has 7 heteroatoms. The molecule has 0 heterocycles. The third kappa shape index (κ3) is 3.76. The standard InChI is InChI=1S/C12H17NO5S/c1-3-9(7-14)13-19(17,18)10-5-4-8(2)11(6-10)12(15)16/h4-6,9,13-14H,3,7H2,1-2H3,(H,15,16). The van der Waals surface area contributed by atoms with Gasteiger partial charge in [-0.25, -0.2) is 17.9 Å². The second-order valence-corrected chi connectivity index (χ2v) is 5.90. The summed E-state index contributed by atoms with van der Waals surface area (Å²) in [6.45, 7) is 3.02. The molecule has 0 saturated carbocycles. The first-order valence-corrected chi connectivity index (χ1v) is 7.27. The molecule has 1 atom stereocenters. The molecule has 0 bridgehead atoms. The molecule has 19 heavy (non-hydrogen) atoms. The van der Waals surface area contributed by atoms with E-state index in [1.807, 2.05) is 0 Å². The minimum Gasteiger partial charge on any atom is -0.478 e. The van der Waals surface area contributed by atoms with Crippen molar-refractivity contribution in [3.63, 3.8) is 0 Å². The largest absolute Gasteiger partial charge is 0.478 e. The van der Waals surface area contributed by atoms with Crippen molar-refractivity contribution in [3.05, 3.63) is 29.3 Å². The minimum atomic E-state index is -3.83. The van der Waals surface area contributed by atoms with Crippen molar-refractivity contribution >= 4 is 16.0 Å². The van der Waals surface area contributed by atoms with Crippen molar-refractivity contribution in [2.45, 2.75) is 31.2 Å². The molecule has 0 aliphatic carbocycles. The summed E-state index contributed by atoms with van der Waals surface area (Å²) in [5, 5.41) is 18.0. The highest BCUT2D eigenvalue weighted by atomic mass is 32.2. The van der Waals surface area contributed by atoms with Crippen LogP contribution in [0.2, 0.25) is 0 Å². The van der Waals surface area contributed by atoms with Crippen molar-refractivity contribution in [1.29, 1.82) is 0 Å². The van der Waals surface area contributed by atoms with Crippen molar-refractivity contribution in [3.8, 4) is 0 Å². The number of nitrogens with one attached hydrogen (secondary N) is 1. The molecule has 0 aliphatic rings. The predicted octanol–water partition coefficient (Wildman–Crippen LogP) is 0.742. The third-order valence-corrected chi connectivity index (χ3v) is 4.30. The van der Waals surface area contributed by atoms with E-state index in [0.717, 1.165) is 6.07 Å². The molecule has 0 aromatic heterocycles. The van der Waals surface area contributed by atoms with Gasteiger partial charge in [-0.05, 0) is 31.0 Å². The molecule has 1 unspecified atom stereocenters. The zero-order chi connectivity index (χ0) is 14.6. The van der Waals surface area contributed by atoms with Crippen molar-refractivity contribution in [1.82, 2.24) is 4.72 Å². The SMILES string of the molecule is CCC(CO)NS(=O)(=O)c1ccc(C)c(C(=O)O)c1. The first-order valence-electron chi connectivity index (χ1n) is 5.79. The summed E-state index contributed by atoms with van der Waals surface area (Å²) in [7, 11) is -3.83. The Morgan fingerprint density at radius 3 is 2.53 bits per heavy atom. The van der Waals surface area contributed by atoms with Crippen LogP contribution in [0.25, 0.3) is 0 Å². The number of carboxylic acids is 1. The maximum absolute atomic E-state index is 12.0. The Balaban J connectivity index is 3.15. The summed E-state index contributed by atoms with van der Waals surface area (Å²) in [5.41, 5.74) is 0.431. The Kier molecular flexibility index (Phi) is 5.04. The molecule has 1 aromatic rings. The van der Waals surface area contributed by atoms with E-state index in [1.54, 1.807) is 13.8 Å². The van der Waals surface area contributed by atoms with Crippen LogP contribution >= 0.6 is 0 Å². The van der Waals surface area contributed by atoms with Crippen LogP contribution < -0.4 is 4.72 Å². The van der Waals surface area contributed by atoms with E-state index in [9.17, 15) is 13.2 Å². The number of rotatable bonds is 6. The van der Waals surface area contributed by atoms with E-state index in [4.69, 9.17) is 10.2 Å². The lowest BCUT2D eigenvalue weighted by atomic mass is 10.1. The third-order valence-electron chi connectivity index (χ3n) is 2.78. The van der Waals surface area contributed by atoms with Crippen LogP contribution in [0, 0.1) is 6.92 Å². The molecule has 0 spiro atoms. The lowest BCUT2D eigenvalue weighted by molar-refractivity contribution is 0.0696. The van der Waals surface area contributed by atoms with E-state index < -0.39 is 22.0 Å². The normalized spacial score (nSPS) is 13.2. The zero-order valence-electron chi connectivity index (χ0n) is 10.8. The minimum absolute atomic E-state index is 0.0556. The predicted molar refractivity (Wildman–Crippen MR) is 69.6 cm³/mol. The number of hydrogen-bond acceptors (Lipinski definition) is 4. The lowest BCUT2D eigenvalue weighted by Gasteiger charge is -2.15. The number of aryl methyl sites for hydroxylation is 1. The Morgan fingerprint density at radius 1 is 1.42 bits per heavy atom. The fraction of sp³-hybridized carbons (Fsp3) is 0.417. The maximum atomic E-state index is 12.0. The van der Waals surface area contributed by atoms with E-state index in [-0.39, 0.29) is 17.1 Å². The molecule has 0 aliphatic heterocycles. The van der Waals surface area contributed by atoms with Crippen LogP contribution in [0.1, 0.15) is 29.3 Å². The molecule has 0 fully saturated rings. The Morgan fingerprint density at radius 2 is 2.05 bits per heavy atom. The molecule has 0 saturated heterocycles. The Hall–Kier alpha value is -1.44. The number of hydrogen-bond donors (Lipinski definition) is 3. The van der Waals surface area contributed by atoms with Crippen molar-refractivity contribution < 1.29 is 23.4 Å². The molecule has 106 valence electrons. The van der Waals surface area contributed by atoms with Gasteiger partial charge in [0.2, 0.25) is 10.0 Å². The number of benzene rings is 1. The second kappa shape index (κ2) is 6.14. The van der Waals surface area contributed by atoms with Gasteiger partial charge in [0, 0.05) is 6.04 Å². The van der Waals surface area contributed by atoms with E-state index in [0.29, 0.717) is 12.0 Å². The van der Waals surface area contributed by atoms with Crippen LogP contribution in [0.15, 0.2) is 23.1 Å². The average Bonchev–Trinajstić information content (AvgIpc) is 2.35. The fourth-order valence-electron chi connectivity index (χ4n) is 1.54. The molecule has 0 radical (unpaired) electrons. The van der Waals surface area contributed by atoms with Crippen molar-refractivity contribution in [2.24, 2.45) is 0 Å². The number of aliphatic hydroxyl groups excluding tert-OH is 1. The molecule has 3 N–H and O–H groups in total. The molecular formula is C12H17NO5S. The smallest absolute Gasteiger partial charge is 0.335 e. The maximum Gasteiger partial charge on any atom is 0.335 e. The lowest BCUT2D eigenvalue weighted by Crippen LogP contribution is -2.37. The van der Waals surface area contributed by atoms with E-state index in [2.05, 4.69) is 4.72 Å². The molecular weight excluding hydrogens is 270 g/mol. The topological polar surface area (TPSA) is 104 Å².